The molecule has 0 amide bonds. The first kappa shape index (κ1) is 12.9. The van der Waals surface area contributed by atoms with Gasteiger partial charge >= 0.3 is 0 Å². The van der Waals surface area contributed by atoms with E-state index in [-0.39, 0.29) is 5.41 Å². The molecule has 0 unspecified atom stereocenters. The van der Waals surface area contributed by atoms with Crippen molar-refractivity contribution in [3.8, 4) is 11.8 Å². The molecule has 0 aromatic heterocycles. The molecule has 0 radical (unpaired) electrons. The number of benzene rings is 1. The Morgan fingerprint density at radius 3 is 2.72 bits per heavy atom. The van der Waals surface area contributed by atoms with Crippen LogP contribution in [0, 0.1) is 16.7 Å². The van der Waals surface area contributed by atoms with Crippen molar-refractivity contribution in [3.63, 3.8) is 0 Å². The predicted molar refractivity (Wildman–Crippen MR) is 71.2 cm³/mol. The molecule has 1 aromatic rings. The molecule has 0 bridgehead atoms. The second-order valence-corrected chi connectivity index (χ2v) is 5.32. The Bertz CT molecular complexity index is 446. The smallest absolute Gasteiger partial charge is 0.123 e. The minimum Gasteiger partial charge on any atom is -0.496 e. The van der Waals surface area contributed by atoms with Crippen LogP contribution in [0.5, 0.6) is 5.75 Å². The van der Waals surface area contributed by atoms with E-state index in [1.807, 2.05) is 18.2 Å². The molecule has 0 aliphatic heterocycles. The van der Waals surface area contributed by atoms with Gasteiger partial charge in [-0.1, -0.05) is 18.2 Å². The van der Waals surface area contributed by atoms with Gasteiger partial charge in [-0.2, -0.15) is 5.26 Å². The molecule has 0 atom stereocenters. The summed E-state index contributed by atoms with van der Waals surface area (Å²) in [4.78, 5) is 2.29. The van der Waals surface area contributed by atoms with Crippen molar-refractivity contribution in [1.82, 2.24) is 4.90 Å². The van der Waals surface area contributed by atoms with Crippen molar-refractivity contribution in [2.75, 3.05) is 20.7 Å². The summed E-state index contributed by atoms with van der Waals surface area (Å²) < 4.78 is 5.36. The molecule has 1 aromatic carbocycles. The minimum atomic E-state index is 0.269. The molecule has 1 aliphatic rings. The van der Waals surface area contributed by atoms with E-state index in [1.165, 1.54) is 18.4 Å². The minimum absolute atomic E-state index is 0.269. The third-order valence-corrected chi connectivity index (χ3v) is 3.65. The molecule has 18 heavy (non-hydrogen) atoms. The highest BCUT2D eigenvalue weighted by Gasteiger charge is 2.43. The highest BCUT2D eigenvalue weighted by atomic mass is 16.5. The van der Waals surface area contributed by atoms with Crippen molar-refractivity contribution < 1.29 is 4.74 Å². The maximum absolute atomic E-state index is 8.84. The third kappa shape index (κ3) is 3.02. The fraction of sp³-hybridized carbons (Fsp3) is 0.533. The van der Waals surface area contributed by atoms with E-state index in [0.29, 0.717) is 6.42 Å². The summed E-state index contributed by atoms with van der Waals surface area (Å²) in [6.07, 6.45) is 3.07. The molecule has 1 aliphatic carbocycles. The van der Waals surface area contributed by atoms with Gasteiger partial charge in [-0.3, -0.25) is 0 Å². The van der Waals surface area contributed by atoms with Crippen molar-refractivity contribution in [3.05, 3.63) is 29.8 Å². The molecule has 1 fully saturated rings. The van der Waals surface area contributed by atoms with Crippen molar-refractivity contribution in [2.45, 2.75) is 25.8 Å². The van der Waals surface area contributed by atoms with Crippen LogP contribution in [0.2, 0.25) is 0 Å². The van der Waals surface area contributed by atoms with Crippen molar-refractivity contribution in [2.24, 2.45) is 5.41 Å². The summed E-state index contributed by atoms with van der Waals surface area (Å²) in [7, 11) is 3.82. The molecule has 0 saturated heterocycles. The molecule has 0 heterocycles. The van der Waals surface area contributed by atoms with E-state index in [1.54, 1.807) is 7.11 Å². The Hall–Kier alpha value is -1.53. The molecular formula is C15H20N2O. The Labute approximate surface area is 109 Å². The monoisotopic (exact) mass is 244 g/mol. The summed E-state index contributed by atoms with van der Waals surface area (Å²) in [5.41, 5.74) is 1.47. The standard InChI is InChI=1S/C15H20N2O/c1-17(12-15(7-8-15)9-10-16)11-13-5-3-4-6-14(13)18-2/h3-6H,7-9,11-12H2,1-2H3. The Balaban J connectivity index is 1.95. The first-order chi connectivity index (χ1) is 8.69. The molecule has 3 heteroatoms. The first-order valence-electron chi connectivity index (χ1n) is 6.36. The van der Waals surface area contributed by atoms with Gasteiger partial charge in [0.15, 0.2) is 0 Å². The van der Waals surface area contributed by atoms with Gasteiger partial charge in [0.25, 0.3) is 0 Å². The van der Waals surface area contributed by atoms with Crippen LogP contribution in [-0.4, -0.2) is 25.6 Å². The lowest BCUT2D eigenvalue weighted by Crippen LogP contribution is -2.26. The van der Waals surface area contributed by atoms with Gasteiger partial charge in [-0.15, -0.1) is 0 Å². The molecule has 0 spiro atoms. The van der Waals surface area contributed by atoms with E-state index in [9.17, 15) is 0 Å². The lowest BCUT2D eigenvalue weighted by Gasteiger charge is -2.22. The average Bonchev–Trinajstić information content (AvgIpc) is 3.09. The predicted octanol–water partition coefficient (Wildman–Crippen LogP) is 2.82. The molecule has 1 saturated carbocycles. The van der Waals surface area contributed by atoms with Gasteiger partial charge < -0.3 is 9.64 Å². The highest BCUT2D eigenvalue weighted by molar-refractivity contribution is 5.33. The maximum Gasteiger partial charge on any atom is 0.123 e. The fourth-order valence-corrected chi connectivity index (χ4v) is 2.49. The topological polar surface area (TPSA) is 36.3 Å². The summed E-state index contributed by atoms with van der Waals surface area (Å²) in [6.45, 7) is 1.87. The normalized spacial score (nSPS) is 16.3. The zero-order chi connectivity index (χ0) is 13.0. The van der Waals surface area contributed by atoms with E-state index >= 15 is 0 Å². The Morgan fingerprint density at radius 1 is 1.39 bits per heavy atom. The van der Waals surface area contributed by atoms with Crippen LogP contribution >= 0.6 is 0 Å². The van der Waals surface area contributed by atoms with Crippen LogP contribution in [0.25, 0.3) is 0 Å². The van der Waals surface area contributed by atoms with Gasteiger partial charge in [0, 0.05) is 25.1 Å². The number of ether oxygens (including phenoxy) is 1. The van der Waals surface area contributed by atoms with Crippen LogP contribution in [0.3, 0.4) is 0 Å². The second-order valence-electron chi connectivity index (χ2n) is 5.32. The molecule has 96 valence electrons. The van der Waals surface area contributed by atoms with Crippen LogP contribution in [0.1, 0.15) is 24.8 Å². The number of rotatable bonds is 6. The molecule has 3 nitrogen and oxygen atoms in total. The molecule has 0 N–H and O–H groups in total. The lowest BCUT2D eigenvalue weighted by molar-refractivity contribution is 0.254. The summed E-state index contributed by atoms with van der Waals surface area (Å²) >= 11 is 0. The summed E-state index contributed by atoms with van der Waals surface area (Å²) in [5.74, 6) is 0.939. The zero-order valence-corrected chi connectivity index (χ0v) is 11.1. The van der Waals surface area contributed by atoms with Gasteiger partial charge in [0.05, 0.1) is 13.2 Å². The Morgan fingerprint density at radius 2 is 2.11 bits per heavy atom. The van der Waals surface area contributed by atoms with E-state index in [4.69, 9.17) is 10.00 Å². The largest absolute Gasteiger partial charge is 0.496 e. The maximum atomic E-state index is 8.84. The van der Waals surface area contributed by atoms with Gasteiger partial charge in [0.1, 0.15) is 5.75 Å². The van der Waals surface area contributed by atoms with E-state index < -0.39 is 0 Å². The van der Waals surface area contributed by atoms with Crippen LogP contribution in [-0.2, 0) is 6.54 Å². The molecular weight excluding hydrogens is 224 g/mol. The zero-order valence-electron chi connectivity index (χ0n) is 11.1. The number of para-hydroxylation sites is 1. The van der Waals surface area contributed by atoms with Gasteiger partial charge in [-0.25, -0.2) is 0 Å². The summed E-state index contributed by atoms with van der Waals surface area (Å²) in [5, 5.41) is 8.84. The Kier molecular flexibility index (Phi) is 3.88. The SMILES string of the molecule is COc1ccccc1CN(C)CC1(CC#N)CC1. The number of hydrogen-bond acceptors (Lipinski definition) is 3. The first-order valence-corrected chi connectivity index (χ1v) is 6.36. The van der Waals surface area contributed by atoms with E-state index in [0.717, 1.165) is 18.8 Å². The fourth-order valence-electron chi connectivity index (χ4n) is 2.49. The van der Waals surface area contributed by atoms with Crippen molar-refractivity contribution >= 4 is 0 Å². The summed E-state index contributed by atoms with van der Waals surface area (Å²) in [6, 6.07) is 10.4. The average molecular weight is 244 g/mol. The number of methoxy groups -OCH3 is 1. The van der Waals surface area contributed by atoms with Crippen LogP contribution in [0.15, 0.2) is 24.3 Å². The second kappa shape index (κ2) is 5.41. The van der Waals surface area contributed by atoms with E-state index in [2.05, 4.69) is 24.1 Å². The third-order valence-electron chi connectivity index (χ3n) is 3.65. The van der Waals surface area contributed by atoms with Crippen molar-refractivity contribution in [1.29, 1.82) is 5.26 Å². The van der Waals surface area contributed by atoms with Gasteiger partial charge in [-0.05, 0) is 31.4 Å². The lowest BCUT2D eigenvalue weighted by atomic mass is 10.0. The highest BCUT2D eigenvalue weighted by Crippen LogP contribution is 2.49. The van der Waals surface area contributed by atoms with Crippen LogP contribution < -0.4 is 4.74 Å². The van der Waals surface area contributed by atoms with Gasteiger partial charge in [0.2, 0.25) is 0 Å². The quantitative estimate of drug-likeness (QED) is 0.772. The van der Waals surface area contributed by atoms with Crippen LogP contribution in [0.4, 0.5) is 0 Å². The molecule has 2 rings (SSSR count). The number of nitriles is 1. The number of hydrogen-bond donors (Lipinski definition) is 0. The number of nitrogens with zero attached hydrogens (tertiary/aromatic N) is 2.